The first-order valence-electron chi connectivity index (χ1n) is 11.0. The predicted molar refractivity (Wildman–Crippen MR) is 122 cm³/mol. The molecule has 0 aromatic heterocycles. The maximum absolute atomic E-state index is 13.1. The molecule has 2 aromatic carbocycles. The summed E-state index contributed by atoms with van der Waals surface area (Å²) >= 11 is 0. The highest BCUT2D eigenvalue weighted by Crippen LogP contribution is 2.32. The predicted octanol–water partition coefficient (Wildman–Crippen LogP) is 5.55. The Hall–Kier alpha value is -2.41. The van der Waals surface area contributed by atoms with Gasteiger partial charge in [-0.2, -0.15) is 8.42 Å². The molecule has 2 aromatic rings. The molecular formula is C25H32FNO4S. The zero-order valence-corrected chi connectivity index (χ0v) is 20.0. The summed E-state index contributed by atoms with van der Waals surface area (Å²) in [7, 11) is -4.08. The van der Waals surface area contributed by atoms with Crippen LogP contribution in [0.2, 0.25) is 0 Å². The van der Waals surface area contributed by atoms with Gasteiger partial charge in [-0.1, -0.05) is 39.8 Å². The molecule has 1 aliphatic carbocycles. The summed E-state index contributed by atoms with van der Waals surface area (Å²) < 4.78 is 43.4. The molecule has 0 radical (unpaired) electrons. The SMILES string of the molecule is CC(CC(=O)N(Cc1cccc(OS(=O)(=O)c2ccc(F)cc2)c1)C1CC1)CC(C)(C)C. The summed E-state index contributed by atoms with van der Waals surface area (Å²) in [5, 5.41) is 0. The number of halogens is 1. The van der Waals surface area contributed by atoms with Gasteiger partial charge in [0.25, 0.3) is 0 Å². The van der Waals surface area contributed by atoms with Gasteiger partial charge in [0.15, 0.2) is 0 Å². The maximum atomic E-state index is 13.1. The number of carbonyl (C=O) groups excluding carboxylic acids is 1. The van der Waals surface area contributed by atoms with Crippen molar-refractivity contribution in [1.82, 2.24) is 4.90 Å². The Morgan fingerprint density at radius 1 is 1.16 bits per heavy atom. The lowest BCUT2D eigenvalue weighted by Crippen LogP contribution is -2.34. The van der Waals surface area contributed by atoms with Crippen molar-refractivity contribution in [2.75, 3.05) is 0 Å². The second-order valence-electron chi connectivity index (χ2n) is 9.97. The Kier molecular flexibility index (Phi) is 7.28. The fraction of sp³-hybridized carbons (Fsp3) is 0.480. The molecule has 0 heterocycles. The van der Waals surface area contributed by atoms with Crippen LogP contribution < -0.4 is 4.18 Å². The molecule has 0 aliphatic heterocycles. The Morgan fingerprint density at radius 3 is 2.41 bits per heavy atom. The molecule has 0 N–H and O–H groups in total. The van der Waals surface area contributed by atoms with E-state index in [4.69, 9.17) is 4.18 Å². The standard InChI is InChI=1S/C25H32FNO4S/c1-18(16-25(2,3)4)14-24(28)27(21-10-11-21)17-19-6-5-7-22(15-19)31-32(29,30)23-12-8-20(26)9-13-23/h5-9,12-13,15,18,21H,10-11,14,16-17H2,1-4H3. The number of hydrogen-bond acceptors (Lipinski definition) is 4. The van der Waals surface area contributed by atoms with E-state index in [-0.39, 0.29) is 28.0 Å². The Morgan fingerprint density at radius 2 is 1.81 bits per heavy atom. The van der Waals surface area contributed by atoms with E-state index < -0.39 is 15.9 Å². The molecular weight excluding hydrogens is 429 g/mol. The number of amides is 1. The lowest BCUT2D eigenvalue weighted by atomic mass is 9.84. The summed E-state index contributed by atoms with van der Waals surface area (Å²) in [5.74, 6) is 0.0671. The van der Waals surface area contributed by atoms with Gasteiger partial charge in [-0.05, 0) is 72.6 Å². The van der Waals surface area contributed by atoms with Gasteiger partial charge in [0.2, 0.25) is 5.91 Å². The van der Waals surface area contributed by atoms with Gasteiger partial charge in [-0.3, -0.25) is 4.79 Å². The Balaban J connectivity index is 1.69. The quantitative estimate of drug-likeness (QED) is 0.460. The summed E-state index contributed by atoms with van der Waals surface area (Å²) in [6.07, 6.45) is 3.47. The van der Waals surface area contributed by atoms with E-state index >= 15 is 0 Å². The minimum atomic E-state index is -4.08. The van der Waals surface area contributed by atoms with Gasteiger partial charge in [-0.25, -0.2) is 4.39 Å². The summed E-state index contributed by atoms with van der Waals surface area (Å²) in [6.45, 7) is 9.07. The molecule has 0 spiro atoms. The second-order valence-corrected chi connectivity index (χ2v) is 11.5. The zero-order chi connectivity index (χ0) is 23.5. The lowest BCUT2D eigenvalue weighted by Gasteiger charge is -2.27. The van der Waals surface area contributed by atoms with Crippen LogP contribution in [0.15, 0.2) is 53.4 Å². The van der Waals surface area contributed by atoms with E-state index in [1.165, 1.54) is 12.1 Å². The van der Waals surface area contributed by atoms with Crippen LogP contribution in [0.25, 0.3) is 0 Å². The van der Waals surface area contributed by atoms with E-state index in [1.807, 2.05) is 11.0 Å². The van der Waals surface area contributed by atoms with Crippen LogP contribution in [0.4, 0.5) is 4.39 Å². The van der Waals surface area contributed by atoms with E-state index in [9.17, 15) is 17.6 Å². The third-order valence-corrected chi connectivity index (χ3v) is 6.61. The van der Waals surface area contributed by atoms with Crippen molar-refractivity contribution in [2.45, 2.75) is 70.9 Å². The lowest BCUT2D eigenvalue weighted by molar-refractivity contribution is -0.133. The van der Waals surface area contributed by atoms with Gasteiger partial charge >= 0.3 is 10.1 Å². The highest BCUT2D eigenvalue weighted by atomic mass is 32.2. The third-order valence-electron chi connectivity index (χ3n) is 5.35. The van der Waals surface area contributed by atoms with Crippen molar-refractivity contribution in [3.8, 4) is 5.75 Å². The molecule has 174 valence electrons. The zero-order valence-electron chi connectivity index (χ0n) is 19.2. The van der Waals surface area contributed by atoms with Gasteiger partial charge < -0.3 is 9.08 Å². The minimum Gasteiger partial charge on any atom is -0.379 e. The fourth-order valence-electron chi connectivity index (χ4n) is 4.01. The van der Waals surface area contributed by atoms with Gasteiger partial charge in [0.05, 0.1) is 0 Å². The normalized spacial score (nSPS) is 15.3. The van der Waals surface area contributed by atoms with Crippen LogP contribution in [-0.2, 0) is 21.5 Å². The molecule has 1 amide bonds. The van der Waals surface area contributed by atoms with Crippen molar-refractivity contribution in [3.63, 3.8) is 0 Å². The Labute approximate surface area is 190 Å². The van der Waals surface area contributed by atoms with Crippen LogP contribution in [-0.4, -0.2) is 25.3 Å². The molecule has 5 nitrogen and oxygen atoms in total. The van der Waals surface area contributed by atoms with Crippen molar-refractivity contribution >= 4 is 16.0 Å². The van der Waals surface area contributed by atoms with Crippen LogP contribution in [0.3, 0.4) is 0 Å². The second kappa shape index (κ2) is 9.61. The monoisotopic (exact) mass is 461 g/mol. The van der Waals surface area contributed by atoms with Gasteiger partial charge in [-0.15, -0.1) is 0 Å². The average molecular weight is 462 g/mol. The first kappa shape index (κ1) is 24.2. The third kappa shape index (κ3) is 7.05. The van der Waals surface area contributed by atoms with Crippen LogP contribution in [0, 0.1) is 17.2 Å². The summed E-state index contributed by atoms with van der Waals surface area (Å²) in [5.41, 5.74) is 0.978. The summed E-state index contributed by atoms with van der Waals surface area (Å²) in [4.78, 5) is 14.8. The fourth-order valence-corrected chi connectivity index (χ4v) is 4.93. The highest BCUT2D eigenvalue weighted by molar-refractivity contribution is 7.87. The molecule has 3 rings (SSSR count). The first-order chi connectivity index (χ1) is 14.9. The molecule has 32 heavy (non-hydrogen) atoms. The number of carbonyl (C=O) groups is 1. The number of hydrogen-bond donors (Lipinski definition) is 0. The number of benzene rings is 2. The number of rotatable bonds is 9. The molecule has 1 atom stereocenters. The van der Waals surface area contributed by atoms with Crippen molar-refractivity contribution in [1.29, 1.82) is 0 Å². The van der Waals surface area contributed by atoms with Crippen LogP contribution in [0.5, 0.6) is 5.75 Å². The maximum Gasteiger partial charge on any atom is 0.339 e. The molecule has 1 unspecified atom stereocenters. The Bertz CT molecular complexity index is 1040. The van der Waals surface area contributed by atoms with E-state index in [1.54, 1.807) is 18.2 Å². The smallest absolute Gasteiger partial charge is 0.339 e. The molecule has 7 heteroatoms. The number of nitrogens with zero attached hydrogens (tertiary/aromatic N) is 1. The van der Waals surface area contributed by atoms with Crippen molar-refractivity contribution in [2.24, 2.45) is 11.3 Å². The average Bonchev–Trinajstić information content (AvgIpc) is 3.49. The molecule has 1 saturated carbocycles. The van der Waals surface area contributed by atoms with Crippen molar-refractivity contribution in [3.05, 3.63) is 59.9 Å². The minimum absolute atomic E-state index is 0.119. The summed E-state index contributed by atoms with van der Waals surface area (Å²) in [6, 6.07) is 11.5. The van der Waals surface area contributed by atoms with Gasteiger partial charge in [0.1, 0.15) is 16.5 Å². The molecule has 1 aliphatic rings. The van der Waals surface area contributed by atoms with Gasteiger partial charge in [0, 0.05) is 19.0 Å². The molecule has 0 saturated heterocycles. The van der Waals surface area contributed by atoms with Crippen LogP contribution in [0.1, 0.15) is 58.9 Å². The van der Waals surface area contributed by atoms with E-state index in [0.29, 0.717) is 18.9 Å². The van der Waals surface area contributed by atoms with Crippen LogP contribution >= 0.6 is 0 Å². The molecule has 1 fully saturated rings. The van der Waals surface area contributed by atoms with E-state index in [0.717, 1.165) is 37.0 Å². The molecule has 0 bridgehead atoms. The highest BCUT2D eigenvalue weighted by Gasteiger charge is 2.33. The first-order valence-corrected chi connectivity index (χ1v) is 12.4. The van der Waals surface area contributed by atoms with E-state index in [2.05, 4.69) is 27.7 Å². The topological polar surface area (TPSA) is 63.7 Å². The largest absolute Gasteiger partial charge is 0.379 e. The van der Waals surface area contributed by atoms with Crippen molar-refractivity contribution < 1.29 is 21.8 Å².